The van der Waals surface area contributed by atoms with Crippen molar-refractivity contribution in [2.24, 2.45) is 0 Å². The average molecular weight is 335 g/mol. The zero-order valence-electron chi connectivity index (χ0n) is 12.6. The Kier molecular flexibility index (Phi) is 6.46. The molecule has 1 aliphatic rings. The lowest BCUT2D eigenvalue weighted by molar-refractivity contribution is 0.242. The molecule has 1 aromatic rings. The SMILES string of the molecule is CC(C)Oc1ccc(S(=O)(=O)N2CCNCC2C)cc1.Cl. The molecule has 0 aromatic heterocycles. The molecule has 5 nitrogen and oxygen atoms in total. The van der Waals surface area contributed by atoms with E-state index in [4.69, 9.17) is 4.74 Å². The average Bonchev–Trinajstić information content (AvgIpc) is 2.39. The molecular weight excluding hydrogens is 312 g/mol. The van der Waals surface area contributed by atoms with Crippen LogP contribution >= 0.6 is 12.4 Å². The highest BCUT2D eigenvalue weighted by Crippen LogP contribution is 2.22. The van der Waals surface area contributed by atoms with Crippen molar-refractivity contribution in [1.29, 1.82) is 0 Å². The van der Waals surface area contributed by atoms with Crippen LogP contribution < -0.4 is 10.1 Å². The summed E-state index contributed by atoms with van der Waals surface area (Å²) in [5.74, 6) is 0.687. The van der Waals surface area contributed by atoms with Gasteiger partial charge in [-0.15, -0.1) is 12.4 Å². The lowest BCUT2D eigenvalue weighted by Crippen LogP contribution is -2.52. The lowest BCUT2D eigenvalue weighted by Gasteiger charge is -2.32. The van der Waals surface area contributed by atoms with Gasteiger partial charge in [0, 0.05) is 25.7 Å². The molecule has 7 heteroatoms. The Morgan fingerprint density at radius 1 is 1.29 bits per heavy atom. The fourth-order valence-electron chi connectivity index (χ4n) is 2.28. The van der Waals surface area contributed by atoms with Crippen LogP contribution in [0.1, 0.15) is 20.8 Å². The van der Waals surface area contributed by atoms with Gasteiger partial charge in [-0.2, -0.15) is 4.31 Å². The zero-order valence-corrected chi connectivity index (χ0v) is 14.2. The molecule has 21 heavy (non-hydrogen) atoms. The van der Waals surface area contributed by atoms with Gasteiger partial charge in [-0.05, 0) is 45.0 Å². The molecule has 1 unspecified atom stereocenters. The Morgan fingerprint density at radius 3 is 2.43 bits per heavy atom. The van der Waals surface area contributed by atoms with E-state index < -0.39 is 10.0 Å². The molecule has 1 saturated heterocycles. The molecule has 0 aliphatic carbocycles. The molecule has 2 rings (SSSR count). The van der Waals surface area contributed by atoms with E-state index in [0.717, 1.165) is 0 Å². The number of ether oxygens (including phenoxy) is 1. The zero-order chi connectivity index (χ0) is 14.8. The van der Waals surface area contributed by atoms with E-state index in [1.165, 1.54) is 0 Å². The van der Waals surface area contributed by atoms with Crippen molar-refractivity contribution >= 4 is 22.4 Å². The van der Waals surface area contributed by atoms with E-state index in [0.29, 0.717) is 30.3 Å². The first-order valence-corrected chi connectivity index (χ1v) is 8.34. The predicted molar refractivity (Wildman–Crippen MR) is 85.7 cm³/mol. The smallest absolute Gasteiger partial charge is 0.243 e. The summed E-state index contributed by atoms with van der Waals surface area (Å²) in [7, 11) is -3.42. The monoisotopic (exact) mass is 334 g/mol. The Hall–Kier alpha value is -0.820. The normalized spacial score (nSPS) is 20.1. The fourth-order valence-corrected chi connectivity index (χ4v) is 3.91. The second-order valence-electron chi connectivity index (χ2n) is 5.31. The van der Waals surface area contributed by atoms with E-state index in [2.05, 4.69) is 5.32 Å². The summed E-state index contributed by atoms with van der Waals surface area (Å²) in [6.45, 7) is 7.68. The van der Waals surface area contributed by atoms with E-state index in [1.807, 2.05) is 20.8 Å². The van der Waals surface area contributed by atoms with E-state index >= 15 is 0 Å². The van der Waals surface area contributed by atoms with Gasteiger partial charge in [-0.3, -0.25) is 0 Å². The maximum absolute atomic E-state index is 12.6. The molecule has 0 spiro atoms. The molecule has 0 bridgehead atoms. The second-order valence-corrected chi connectivity index (χ2v) is 7.20. The van der Waals surface area contributed by atoms with Gasteiger partial charge in [0.1, 0.15) is 5.75 Å². The van der Waals surface area contributed by atoms with Crippen LogP contribution in [0.2, 0.25) is 0 Å². The van der Waals surface area contributed by atoms with Crippen LogP contribution in [0.3, 0.4) is 0 Å². The van der Waals surface area contributed by atoms with Crippen LogP contribution in [0.15, 0.2) is 29.2 Å². The summed E-state index contributed by atoms with van der Waals surface area (Å²) in [6.07, 6.45) is 0.0747. The Morgan fingerprint density at radius 2 is 1.90 bits per heavy atom. The van der Waals surface area contributed by atoms with Crippen molar-refractivity contribution in [3.05, 3.63) is 24.3 Å². The molecule has 1 aliphatic heterocycles. The van der Waals surface area contributed by atoms with Crippen molar-refractivity contribution in [3.63, 3.8) is 0 Å². The van der Waals surface area contributed by atoms with Gasteiger partial charge >= 0.3 is 0 Å². The highest BCUT2D eigenvalue weighted by Gasteiger charge is 2.30. The molecule has 1 aromatic carbocycles. The predicted octanol–water partition coefficient (Wildman–Crippen LogP) is 1.88. The molecule has 1 heterocycles. The van der Waals surface area contributed by atoms with Crippen molar-refractivity contribution in [2.45, 2.75) is 37.8 Å². The first kappa shape index (κ1) is 18.2. The molecule has 1 atom stereocenters. The number of hydrogen-bond donors (Lipinski definition) is 1. The number of benzene rings is 1. The van der Waals surface area contributed by atoms with Gasteiger partial charge in [-0.25, -0.2) is 8.42 Å². The third-order valence-electron chi connectivity index (χ3n) is 3.24. The topological polar surface area (TPSA) is 58.6 Å². The van der Waals surface area contributed by atoms with Gasteiger partial charge in [0.05, 0.1) is 11.0 Å². The summed E-state index contributed by atoms with van der Waals surface area (Å²) < 4.78 is 32.3. The first-order chi connectivity index (χ1) is 9.41. The van der Waals surface area contributed by atoms with Gasteiger partial charge < -0.3 is 10.1 Å². The van der Waals surface area contributed by atoms with Crippen molar-refractivity contribution in [1.82, 2.24) is 9.62 Å². The van der Waals surface area contributed by atoms with Crippen LogP contribution in [0, 0.1) is 0 Å². The largest absolute Gasteiger partial charge is 0.491 e. The summed E-state index contributed by atoms with van der Waals surface area (Å²) in [4.78, 5) is 0.322. The third-order valence-corrected chi connectivity index (χ3v) is 5.27. The number of hydrogen-bond acceptors (Lipinski definition) is 4. The standard InChI is InChI=1S/C14H22N2O3S.ClH/c1-11(2)19-13-4-6-14(7-5-13)20(17,18)16-9-8-15-10-12(16)3;/h4-7,11-12,15H,8-10H2,1-3H3;1H. The third kappa shape index (κ3) is 4.32. The van der Waals surface area contributed by atoms with Gasteiger partial charge in [0.25, 0.3) is 0 Å². The molecule has 0 saturated carbocycles. The summed E-state index contributed by atoms with van der Waals surface area (Å²) in [6, 6.07) is 6.61. The summed E-state index contributed by atoms with van der Waals surface area (Å²) in [5.41, 5.74) is 0. The Labute approximate surface area is 133 Å². The van der Waals surface area contributed by atoms with Crippen LogP contribution in [-0.4, -0.2) is 44.5 Å². The number of halogens is 1. The summed E-state index contributed by atoms with van der Waals surface area (Å²) >= 11 is 0. The van der Waals surface area contributed by atoms with Crippen LogP contribution in [0.5, 0.6) is 5.75 Å². The number of sulfonamides is 1. The number of nitrogens with zero attached hydrogens (tertiary/aromatic N) is 1. The number of piperazine rings is 1. The van der Waals surface area contributed by atoms with Crippen LogP contribution in [-0.2, 0) is 10.0 Å². The van der Waals surface area contributed by atoms with Crippen molar-refractivity contribution in [3.8, 4) is 5.75 Å². The maximum atomic E-state index is 12.6. The molecule has 1 N–H and O–H groups in total. The van der Waals surface area contributed by atoms with Gasteiger partial charge in [-0.1, -0.05) is 0 Å². The van der Waals surface area contributed by atoms with Crippen LogP contribution in [0.4, 0.5) is 0 Å². The van der Waals surface area contributed by atoms with Gasteiger partial charge in [0.2, 0.25) is 10.0 Å². The minimum absolute atomic E-state index is 0. The van der Waals surface area contributed by atoms with Crippen LogP contribution in [0.25, 0.3) is 0 Å². The second kappa shape index (κ2) is 7.45. The Bertz CT molecular complexity index is 546. The molecule has 120 valence electrons. The highest BCUT2D eigenvalue weighted by molar-refractivity contribution is 7.89. The molecular formula is C14H23ClN2O3S. The fraction of sp³-hybridized carbons (Fsp3) is 0.571. The van der Waals surface area contributed by atoms with E-state index in [-0.39, 0.29) is 24.6 Å². The summed E-state index contributed by atoms with van der Waals surface area (Å²) in [5, 5.41) is 3.19. The minimum atomic E-state index is -3.42. The van der Waals surface area contributed by atoms with E-state index in [9.17, 15) is 8.42 Å². The Balaban J connectivity index is 0.00000220. The number of rotatable bonds is 4. The molecule has 0 radical (unpaired) electrons. The van der Waals surface area contributed by atoms with Crippen molar-refractivity contribution < 1.29 is 13.2 Å². The van der Waals surface area contributed by atoms with Crippen molar-refractivity contribution in [2.75, 3.05) is 19.6 Å². The number of nitrogens with one attached hydrogen (secondary N) is 1. The lowest BCUT2D eigenvalue weighted by atomic mass is 10.3. The maximum Gasteiger partial charge on any atom is 0.243 e. The highest BCUT2D eigenvalue weighted by atomic mass is 35.5. The first-order valence-electron chi connectivity index (χ1n) is 6.90. The van der Waals surface area contributed by atoms with E-state index in [1.54, 1.807) is 28.6 Å². The minimum Gasteiger partial charge on any atom is -0.491 e. The molecule has 1 fully saturated rings. The molecule has 0 amide bonds. The quantitative estimate of drug-likeness (QED) is 0.913. The van der Waals surface area contributed by atoms with Gasteiger partial charge in [0.15, 0.2) is 0 Å².